The summed E-state index contributed by atoms with van der Waals surface area (Å²) in [7, 11) is 0. The minimum absolute atomic E-state index is 0.542. The van der Waals surface area contributed by atoms with Crippen LogP contribution < -0.4 is 5.32 Å². The molecule has 1 saturated carbocycles. The van der Waals surface area contributed by atoms with Crippen molar-refractivity contribution < 1.29 is 5.11 Å². The average molecular weight is 347 g/mol. The Morgan fingerprint density at radius 2 is 2.32 bits per heavy atom. The van der Waals surface area contributed by atoms with Gasteiger partial charge in [-0.1, -0.05) is 53.4 Å². The fraction of sp³-hybridized carbons (Fsp3) is 0.600. The van der Waals surface area contributed by atoms with Crippen molar-refractivity contribution in [1.82, 2.24) is 5.32 Å². The number of hydrogen-bond acceptors (Lipinski definition) is 2. The second-order valence-corrected chi connectivity index (χ2v) is 7.09. The molecule has 0 heterocycles. The molecule has 0 aromatic heterocycles. The number of aliphatic hydroxyl groups is 1. The molecule has 0 aliphatic heterocycles. The highest BCUT2D eigenvalue weighted by atomic mass is 79.9. The zero-order valence-corrected chi connectivity index (χ0v) is 13.6. The van der Waals surface area contributed by atoms with Gasteiger partial charge < -0.3 is 10.4 Å². The maximum Gasteiger partial charge on any atom is 0.0774 e. The lowest BCUT2D eigenvalue weighted by Gasteiger charge is -2.35. The molecule has 2 nitrogen and oxygen atoms in total. The minimum Gasteiger partial charge on any atom is -0.389 e. The van der Waals surface area contributed by atoms with Gasteiger partial charge in [-0.15, -0.1) is 0 Å². The van der Waals surface area contributed by atoms with Crippen molar-refractivity contribution in [3.63, 3.8) is 0 Å². The standard InChI is InChI=1S/C15H21BrClNO/c1-11-3-2-6-15(19,8-11)10-18-9-12-4-5-13(16)7-14(12)17/h4-5,7,11,18-19H,2-3,6,8-10H2,1H3. The molecule has 0 amide bonds. The van der Waals surface area contributed by atoms with Crippen LogP contribution in [-0.2, 0) is 6.54 Å². The van der Waals surface area contributed by atoms with Crippen LogP contribution in [0.2, 0.25) is 5.02 Å². The van der Waals surface area contributed by atoms with E-state index in [1.165, 1.54) is 6.42 Å². The molecule has 1 aliphatic carbocycles. The Morgan fingerprint density at radius 3 is 3.00 bits per heavy atom. The van der Waals surface area contributed by atoms with Crippen molar-refractivity contribution in [3.8, 4) is 0 Å². The molecule has 2 atom stereocenters. The number of rotatable bonds is 4. The maximum atomic E-state index is 10.5. The summed E-state index contributed by atoms with van der Waals surface area (Å²) in [5.74, 6) is 0.622. The van der Waals surface area contributed by atoms with E-state index in [0.717, 1.165) is 34.3 Å². The van der Waals surface area contributed by atoms with Crippen LogP contribution >= 0.6 is 27.5 Å². The molecule has 1 fully saturated rings. The van der Waals surface area contributed by atoms with Gasteiger partial charge in [-0.25, -0.2) is 0 Å². The normalized spacial score (nSPS) is 27.5. The summed E-state index contributed by atoms with van der Waals surface area (Å²) in [6, 6.07) is 5.89. The van der Waals surface area contributed by atoms with Crippen LogP contribution in [0, 0.1) is 5.92 Å². The second kappa shape index (κ2) is 6.57. The number of nitrogens with one attached hydrogen (secondary N) is 1. The van der Waals surface area contributed by atoms with E-state index in [-0.39, 0.29) is 0 Å². The minimum atomic E-state index is -0.542. The molecule has 0 radical (unpaired) electrons. The first-order valence-electron chi connectivity index (χ1n) is 6.85. The Bertz CT molecular complexity index is 440. The summed E-state index contributed by atoms with van der Waals surface area (Å²) in [6.07, 6.45) is 4.16. The van der Waals surface area contributed by atoms with Gasteiger partial charge in [0.05, 0.1) is 5.60 Å². The molecule has 2 rings (SSSR count). The fourth-order valence-electron chi connectivity index (χ4n) is 2.89. The highest BCUT2D eigenvalue weighted by Crippen LogP contribution is 2.31. The quantitative estimate of drug-likeness (QED) is 0.859. The van der Waals surface area contributed by atoms with Crippen LogP contribution in [0.25, 0.3) is 0 Å². The van der Waals surface area contributed by atoms with Crippen LogP contribution in [0.3, 0.4) is 0 Å². The lowest BCUT2D eigenvalue weighted by Crippen LogP contribution is -2.43. The number of halogens is 2. The van der Waals surface area contributed by atoms with E-state index in [4.69, 9.17) is 11.6 Å². The van der Waals surface area contributed by atoms with Gasteiger partial charge in [0.2, 0.25) is 0 Å². The lowest BCUT2D eigenvalue weighted by atomic mass is 9.79. The molecule has 4 heteroatoms. The predicted molar refractivity (Wildman–Crippen MR) is 83.4 cm³/mol. The Morgan fingerprint density at radius 1 is 1.53 bits per heavy atom. The summed E-state index contributed by atoms with van der Waals surface area (Å²) in [5.41, 5.74) is 0.525. The Labute approximate surface area is 128 Å². The van der Waals surface area contributed by atoms with Gasteiger partial charge in [0.15, 0.2) is 0 Å². The molecule has 1 aliphatic rings. The zero-order chi connectivity index (χ0) is 13.9. The Balaban J connectivity index is 1.85. The highest BCUT2D eigenvalue weighted by Gasteiger charge is 2.31. The first kappa shape index (κ1) is 15.3. The summed E-state index contributed by atoms with van der Waals surface area (Å²) >= 11 is 9.57. The monoisotopic (exact) mass is 345 g/mol. The summed E-state index contributed by atoms with van der Waals surface area (Å²) in [5, 5.41) is 14.6. The third-order valence-corrected chi connectivity index (χ3v) is 4.70. The Hall–Kier alpha value is -0.0900. The van der Waals surface area contributed by atoms with Crippen molar-refractivity contribution in [3.05, 3.63) is 33.3 Å². The average Bonchev–Trinajstić information content (AvgIpc) is 2.31. The van der Waals surface area contributed by atoms with E-state index in [1.807, 2.05) is 18.2 Å². The molecule has 2 unspecified atom stereocenters. The van der Waals surface area contributed by atoms with Crippen LogP contribution in [0.15, 0.2) is 22.7 Å². The molecule has 19 heavy (non-hydrogen) atoms. The van der Waals surface area contributed by atoms with Crippen molar-refractivity contribution in [2.45, 2.75) is 44.8 Å². The van der Waals surface area contributed by atoms with Crippen LogP contribution in [0.5, 0.6) is 0 Å². The molecule has 1 aromatic rings. The van der Waals surface area contributed by atoms with E-state index in [0.29, 0.717) is 19.0 Å². The zero-order valence-electron chi connectivity index (χ0n) is 11.3. The molecule has 1 aromatic carbocycles. The van der Waals surface area contributed by atoms with E-state index >= 15 is 0 Å². The van der Waals surface area contributed by atoms with Gasteiger partial charge in [-0.3, -0.25) is 0 Å². The first-order chi connectivity index (χ1) is 8.98. The topological polar surface area (TPSA) is 32.3 Å². The van der Waals surface area contributed by atoms with E-state index in [1.54, 1.807) is 0 Å². The van der Waals surface area contributed by atoms with Crippen molar-refractivity contribution in [2.24, 2.45) is 5.92 Å². The lowest BCUT2D eigenvalue weighted by molar-refractivity contribution is -0.0119. The van der Waals surface area contributed by atoms with Gasteiger partial charge in [-0.05, 0) is 36.5 Å². The molecule has 2 N–H and O–H groups in total. The van der Waals surface area contributed by atoms with Gasteiger partial charge in [0, 0.05) is 22.6 Å². The van der Waals surface area contributed by atoms with Crippen LogP contribution in [0.1, 0.15) is 38.2 Å². The molecular formula is C15H21BrClNO. The number of hydrogen-bond donors (Lipinski definition) is 2. The maximum absolute atomic E-state index is 10.5. The largest absolute Gasteiger partial charge is 0.389 e. The van der Waals surface area contributed by atoms with E-state index < -0.39 is 5.60 Å². The summed E-state index contributed by atoms with van der Waals surface area (Å²) in [6.45, 7) is 3.56. The third-order valence-electron chi connectivity index (χ3n) is 3.85. The van der Waals surface area contributed by atoms with Gasteiger partial charge >= 0.3 is 0 Å². The molecular weight excluding hydrogens is 326 g/mol. The summed E-state index contributed by atoms with van der Waals surface area (Å²) in [4.78, 5) is 0. The molecule has 0 bridgehead atoms. The highest BCUT2D eigenvalue weighted by molar-refractivity contribution is 9.10. The van der Waals surface area contributed by atoms with Gasteiger partial charge in [0.1, 0.15) is 0 Å². The first-order valence-corrected chi connectivity index (χ1v) is 8.03. The van der Waals surface area contributed by atoms with Crippen molar-refractivity contribution in [1.29, 1.82) is 0 Å². The fourth-order valence-corrected chi connectivity index (χ4v) is 3.63. The smallest absolute Gasteiger partial charge is 0.0774 e. The van der Waals surface area contributed by atoms with Gasteiger partial charge in [-0.2, -0.15) is 0 Å². The molecule has 0 saturated heterocycles. The van der Waals surface area contributed by atoms with Crippen LogP contribution in [0.4, 0.5) is 0 Å². The SMILES string of the molecule is CC1CCCC(O)(CNCc2ccc(Br)cc2Cl)C1. The predicted octanol–water partition coefficient (Wildman–Crippen LogP) is 4.13. The number of benzene rings is 1. The molecule has 106 valence electrons. The van der Waals surface area contributed by atoms with Crippen molar-refractivity contribution in [2.75, 3.05) is 6.54 Å². The Kier molecular flexibility index (Phi) is 5.29. The third kappa shape index (κ3) is 4.45. The van der Waals surface area contributed by atoms with Crippen molar-refractivity contribution >= 4 is 27.5 Å². The molecule has 0 spiro atoms. The van der Waals surface area contributed by atoms with Crippen LogP contribution in [-0.4, -0.2) is 17.3 Å². The second-order valence-electron chi connectivity index (χ2n) is 5.77. The van der Waals surface area contributed by atoms with Gasteiger partial charge in [0.25, 0.3) is 0 Å². The van der Waals surface area contributed by atoms with E-state index in [2.05, 4.69) is 28.2 Å². The summed E-state index contributed by atoms with van der Waals surface area (Å²) < 4.78 is 0.987. The van der Waals surface area contributed by atoms with E-state index in [9.17, 15) is 5.11 Å².